The molecule has 0 aromatic heterocycles. The van der Waals surface area contributed by atoms with E-state index in [4.69, 9.17) is 9.47 Å². The summed E-state index contributed by atoms with van der Waals surface area (Å²) in [5.41, 5.74) is 3.19. The molecule has 0 saturated heterocycles. The minimum atomic E-state index is -2.98. The first-order chi connectivity index (χ1) is 18.4. The second-order valence-corrected chi connectivity index (χ2v) is 9.56. The van der Waals surface area contributed by atoms with E-state index in [-0.39, 0.29) is 12.2 Å². The normalized spacial score (nSPS) is 12.4. The van der Waals surface area contributed by atoms with Gasteiger partial charge in [-0.05, 0) is 49.6 Å². The molecular weight excluding hydrogens is 488 g/mol. The molecule has 0 bridgehead atoms. The number of alkyl halides is 2. The van der Waals surface area contributed by atoms with E-state index in [2.05, 4.69) is 5.32 Å². The molecule has 3 N–H and O–H groups in total. The Morgan fingerprint density at radius 1 is 0.921 bits per heavy atom. The number of aliphatic hydroxyl groups is 2. The third-order valence-corrected chi connectivity index (χ3v) is 6.33. The molecule has 7 heteroatoms. The third kappa shape index (κ3) is 9.80. The first kappa shape index (κ1) is 29.7. The summed E-state index contributed by atoms with van der Waals surface area (Å²) in [5, 5.41) is 23.5. The molecule has 0 amide bonds. The fraction of sp³-hybridized carbons (Fsp3) is 0.419. The van der Waals surface area contributed by atoms with Crippen LogP contribution in [0.2, 0.25) is 0 Å². The van der Waals surface area contributed by atoms with Gasteiger partial charge in [0.25, 0.3) is 5.92 Å². The Balaban J connectivity index is 1.27. The largest absolute Gasteiger partial charge is 0.489 e. The van der Waals surface area contributed by atoms with E-state index in [1.165, 1.54) is 12.1 Å². The van der Waals surface area contributed by atoms with Crippen molar-refractivity contribution in [3.8, 4) is 5.75 Å². The van der Waals surface area contributed by atoms with Crippen molar-refractivity contribution in [1.82, 2.24) is 5.32 Å². The van der Waals surface area contributed by atoms with Crippen LogP contribution in [0.3, 0.4) is 0 Å². The fourth-order valence-corrected chi connectivity index (χ4v) is 4.13. The summed E-state index contributed by atoms with van der Waals surface area (Å²) in [4.78, 5) is 0. The van der Waals surface area contributed by atoms with Crippen molar-refractivity contribution >= 4 is 0 Å². The van der Waals surface area contributed by atoms with Gasteiger partial charge in [-0.1, -0.05) is 79.1 Å². The molecule has 38 heavy (non-hydrogen) atoms. The van der Waals surface area contributed by atoms with E-state index in [1.54, 1.807) is 31.2 Å². The lowest BCUT2D eigenvalue weighted by Crippen LogP contribution is -2.22. The van der Waals surface area contributed by atoms with Crippen LogP contribution in [0, 0.1) is 6.92 Å². The average molecular weight is 528 g/mol. The predicted molar refractivity (Wildman–Crippen MR) is 145 cm³/mol. The van der Waals surface area contributed by atoms with E-state index < -0.39 is 18.6 Å². The highest BCUT2D eigenvalue weighted by Gasteiger charge is 2.31. The maximum absolute atomic E-state index is 14.2. The van der Waals surface area contributed by atoms with Crippen LogP contribution >= 0.6 is 0 Å². The number of aryl methyl sites for hydroxylation is 1. The molecule has 0 aliphatic heterocycles. The van der Waals surface area contributed by atoms with E-state index in [9.17, 15) is 19.0 Å². The van der Waals surface area contributed by atoms with Crippen molar-refractivity contribution in [3.63, 3.8) is 0 Å². The van der Waals surface area contributed by atoms with Crippen LogP contribution in [-0.4, -0.2) is 36.5 Å². The Bertz CT molecular complexity index is 1090. The van der Waals surface area contributed by atoms with Gasteiger partial charge in [0.15, 0.2) is 0 Å². The van der Waals surface area contributed by atoms with Crippen molar-refractivity contribution in [3.05, 3.63) is 101 Å². The van der Waals surface area contributed by atoms with Crippen LogP contribution in [-0.2, 0) is 23.9 Å². The van der Waals surface area contributed by atoms with Gasteiger partial charge in [0.05, 0.1) is 12.7 Å². The Labute approximate surface area is 224 Å². The maximum Gasteiger partial charge on any atom is 0.296 e. The van der Waals surface area contributed by atoms with Gasteiger partial charge < -0.3 is 25.0 Å². The highest BCUT2D eigenvalue weighted by Crippen LogP contribution is 2.29. The van der Waals surface area contributed by atoms with E-state index in [0.29, 0.717) is 36.6 Å². The van der Waals surface area contributed by atoms with Crippen LogP contribution in [0.25, 0.3) is 0 Å². The van der Waals surface area contributed by atoms with Crippen LogP contribution < -0.4 is 10.1 Å². The van der Waals surface area contributed by atoms with Crippen LogP contribution in [0.15, 0.2) is 72.8 Å². The number of halogens is 2. The molecule has 206 valence electrons. The lowest BCUT2D eigenvalue weighted by molar-refractivity contribution is -0.0831. The standard InChI is InChI=1S/C31H39F2NO4/c1-24-10-9-13-28(18-24)31(32,33)23-37-17-8-3-2-7-16-34-20-29(36)26-14-15-30(27(19-26)21-35)38-22-25-11-5-4-6-12-25/h4-6,9-15,18-19,29,34-36H,2-3,7-8,16-17,20-23H2,1H3/t29-/m1/s1. The second kappa shape index (κ2) is 15.5. The number of hydrogen-bond acceptors (Lipinski definition) is 5. The SMILES string of the molecule is Cc1cccc(C(F)(F)COCCCCCCNC[C@@H](O)c2ccc(OCc3ccccc3)c(CO)c2)c1. The molecule has 0 radical (unpaired) electrons. The summed E-state index contributed by atoms with van der Waals surface area (Å²) < 4.78 is 39.5. The number of ether oxygens (including phenoxy) is 2. The number of hydrogen-bond donors (Lipinski definition) is 3. The zero-order valence-electron chi connectivity index (χ0n) is 22.0. The number of nitrogens with one attached hydrogen (secondary N) is 1. The van der Waals surface area contributed by atoms with Crippen LogP contribution in [0.5, 0.6) is 5.75 Å². The Hall–Kier alpha value is -2.84. The van der Waals surface area contributed by atoms with E-state index in [0.717, 1.165) is 43.4 Å². The second-order valence-electron chi connectivity index (χ2n) is 9.56. The fourth-order valence-electron chi connectivity index (χ4n) is 4.13. The summed E-state index contributed by atoms with van der Waals surface area (Å²) in [6.45, 7) is 2.87. The molecule has 0 saturated carbocycles. The van der Waals surface area contributed by atoms with Crippen LogP contribution in [0.4, 0.5) is 8.78 Å². The lowest BCUT2D eigenvalue weighted by atomic mass is 10.0. The number of rotatable bonds is 17. The Kier molecular flexibility index (Phi) is 12.2. The first-order valence-electron chi connectivity index (χ1n) is 13.2. The van der Waals surface area contributed by atoms with Gasteiger partial charge in [0, 0.05) is 24.3 Å². The van der Waals surface area contributed by atoms with Gasteiger partial charge in [-0.25, -0.2) is 0 Å². The molecule has 0 aliphatic carbocycles. The zero-order valence-corrected chi connectivity index (χ0v) is 22.0. The Morgan fingerprint density at radius 2 is 1.71 bits per heavy atom. The van der Waals surface area contributed by atoms with E-state index in [1.807, 2.05) is 36.4 Å². The van der Waals surface area contributed by atoms with Gasteiger partial charge in [0.1, 0.15) is 19.0 Å². The van der Waals surface area contributed by atoms with E-state index >= 15 is 0 Å². The predicted octanol–water partition coefficient (Wildman–Crippen LogP) is 6.06. The van der Waals surface area contributed by atoms with Crippen molar-refractivity contribution in [2.24, 2.45) is 0 Å². The number of benzene rings is 3. The molecule has 0 spiro atoms. The van der Waals surface area contributed by atoms with Crippen LogP contribution in [0.1, 0.15) is 59.6 Å². The highest BCUT2D eigenvalue weighted by molar-refractivity contribution is 5.38. The topological polar surface area (TPSA) is 71.0 Å². The molecule has 0 heterocycles. The van der Waals surface area contributed by atoms with Gasteiger partial charge >= 0.3 is 0 Å². The monoisotopic (exact) mass is 527 g/mol. The minimum absolute atomic E-state index is 0.00863. The quantitative estimate of drug-likeness (QED) is 0.186. The highest BCUT2D eigenvalue weighted by atomic mass is 19.3. The molecule has 3 aromatic carbocycles. The zero-order chi connectivity index (χ0) is 27.2. The lowest BCUT2D eigenvalue weighted by Gasteiger charge is -2.17. The molecule has 0 aliphatic rings. The Morgan fingerprint density at radius 3 is 2.47 bits per heavy atom. The molecule has 5 nitrogen and oxygen atoms in total. The molecule has 1 atom stereocenters. The van der Waals surface area contributed by atoms with Crippen molar-refractivity contribution < 1.29 is 28.5 Å². The summed E-state index contributed by atoms with van der Waals surface area (Å²) in [6, 6.07) is 21.5. The minimum Gasteiger partial charge on any atom is -0.489 e. The van der Waals surface area contributed by atoms with Gasteiger partial charge in [0.2, 0.25) is 0 Å². The molecule has 0 unspecified atom stereocenters. The summed E-state index contributed by atoms with van der Waals surface area (Å²) in [7, 11) is 0. The van der Waals surface area contributed by atoms with Gasteiger partial charge in [-0.3, -0.25) is 0 Å². The molecular formula is C31H39F2NO4. The molecule has 3 aromatic rings. The van der Waals surface area contributed by atoms with Crippen molar-refractivity contribution in [1.29, 1.82) is 0 Å². The van der Waals surface area contributed by atoms with Gasteiger partial charge in [-0.15, -0.1) is 0 Å². The summed E-state index contributed by atoms with van der Waals surface area (Å²) in [5.74, 6) is -2.38. The van der Waals surface area contributed by atoms with Gasteiger partial charge in [-0.2, -0.15) is 8.78 Å². The number of aliphatic hydroxyl groups excluding tert-OH is 2. The average Bonchev–Trinajstić information content (AvgIpc) is 2.93. The first-order valence-corrected chi connectivity index (χ1v) is 13.2. The summed E-state index contributed by atoms with van der Waals surface area (Å²) >= 11 is 0. The van der Waals surface area contributed by atoms with Crippen molar-refractivity contribution in [2.45, 2.75) is 57.8 Å². The maximum atomic E-state index is 14.2. The smallest absolute Gasteiger partial charge is 0.296 e. The third-order valence-electron chi connectivity index (χ3n) is 6.33. The summed E-state index contributed by atoms with van der Waals surface area (Å²) in [6.07, 6.45) is 2.79. The molecule has 3 rings (SSSR count). The molecule has 0 fully saturated rings. The number of unbranched alkanes of at least 4 members (excludes halogenated alkanes) is 3. The van der Waals surface area contributed by atoms with Crippen molar-refractivity contribution in [2.75, 3.05) is 26.3 Å².